The van der Waals surface area contributed by atoms with Crippen LogP contribution in [0.3, 0.4) is 0 Å². The van der Waals surface area contributed by atoms with Crippen LogP contribution in [0.1, 0.15) is 31.7 Å². The molecule has 0 aliphatic carbocycles. The summed E-state index contributed by atoms with van der Waals surface area (Å²) in [6, 6.07) is 5.42. The quantitative estimate of drug-likeness (QED) is 0.607. The molecule has 0 aliphatic rings. The molecule has 0 aliphatic heterocycles. The number of unbranched alkanes of at least 4 members (excludes halogenated alkanes) is 1. The maximum Gasteiger partial charge on any atom is 0.0988 e. The molecule has 2 nitrogen and oxygen atoms in total. The maximum absolute atomic E-state index is 5.90. The summed E-state index contributed by atoms with van der Waals surface area (Å²) in [6.07, 6.45) is 6.55. The first-order chi connectivity index (χ1) is 8.13. The van der Waals surface area contributed by atoms with Crippen LogP contribution < -0.4 is 5.73 Å². The third kappa shape index (κ3) is 6.29. The minimum atomic E-state index is 0. The molecule has 0 heterocycles. The van der Waals surface area contributed by atoms with Gasteiger partial charge in [0.1, 0.15) is 0 Å². The molecule has 0 saturated heterocycles. The van der Waals surface area contributed by atoms with Crippen molar-refractivity contribution in [1.82, 2.24) is 0 Å². The van der Waals surface area contributed by atoms with Crippen LogP contribution in [0, 0.1) is 0 Å². The van der Waals surface area contributed by atoms with E-state index in [9.17, 15) is 0 Å². The predicted octanol–water partition coefficient (Wildman–Crippen LogP) is 4.93. The number of aliphatic imine (C=N–C) groups is 1. The lowest BCUT2D eigenvalue weighted by Gasteiger charge is -1.97. The molecule has 1 rings (SSSR count). The van der Waals surface area contributed by atoms with Gasteiger partial charge in [0.2, 0.25) is 0 Å². The van der Waals surface area contributed by atoms with Crippen LogP contribution in [0.5, 0.6) is 0 Å². The van der Waals surface area contributed by atoms with Crippen molar-refractivity contribution in [2.24, 2.45) is 10.7 Å². The van der Waals surface area contributed by atoms with Crippen molar-refractivity contribution in [1.29, 1.82) is 0 Å². The van der Waals surface area contributed by atoms with E-state index in [1.807, 2.05) is 12.1 Å². The Morgan fingerprint density at radius 3 is 2.67 bits per heavy atom. The van der Waals surface area contributed by atoms with Gasteiger partial charge in [-0.05, 0) is 30.2 Å². The number of halogens is 3. The second kappa shape index (κ2) is 9.26. The fourth-order valence-electron chi connectivity index (χ4n) is 1.26. The van der Waals surface area contributed by atoms with E-state index in [2.05, 4.69) is 11.9 Å². The molecule has 5 heteroatoms. The van der Waals surface area contributed by atoms with E-state index in [1.165, 1.54) is 0 Å². The van der Waals surface area contributed by atoms with Crippen molar-refractivity contribution in [3.63, 3.8) is 0 Å². The molecule has 1 aromatic carbocycles. The minimum absolute atomic E-state index is 0. The third-order valence-electron chi connectivity index (χ3n) is 2.24. The Morgan fingerprint density at radius 2 is 2.06 bits per heavy atom. The van der Waals surface area contributed by atoms with Gasteiger partial charge in [-0.3, -0.25) is 0 Å². The van der Waals surface area contributed by atoms with Crippen LogP contribution >= 0.6 is 35.6 Å². The van der Waals surface area contributed by atoms with Gasteiger partial charge in [0.05, 0.1) is 15.9 Å². The molecule has 0 aromatic heterocycles. The Morgan fingerprint density at radius 1 is 1.33 bits per heavy atom. The standard InChI is InChI=1S/C13H16Cl2N2.ClH/c1-2-3-4-13(16)17-8-7-10-5-6-11(14)12(15)9-10;/h5-9H,2-4H2,1H3,(H2,16,17);1H/b8-7+;. The average molecular weight is 308 g/mol. The van der Waals surface area contributed by atoms with E-state index in [0.717, 1.165) is 24.8 Å². The number of nitrogens with zero attached hydrogens (tertiary/aromatic N) is 1. The highest BCUT2D eigenvalue weighted by molar-refractivity contribution is 6.42. The summed E-state index contributed by atoms with van der Waals surface area (Å²) in [5.41, 5.74) is 6.68. The number of amidine groups is 1. The van der Waals surface area contributed by atoms with Crippen molar-refractivity contribution in [3.05, 3.63) is 40.0 Å². The zero-order valence-corrected chi connectivity index (χ0v) is 12.5. The normalized spacial score (nSPS) is 11.6. The molecule has 2 N–H and O–H groups in total. The molecule has 0 radical (unpaired) electrons. The molecule has 0 amide bonds. The lowest BCUT2D eigenvalue weighted by molar-refractivity contribution is 0.831. The van der Waals surface area contributed by atoms with E-state index in [4.69, 9.17) is 28.9 Å². The van der Waals surface area contributed by atoms with Gasteiger partial charge < -0.3 is 5.73 Å². The van der Waals surface area contributed by atoms with Gasteiger partial charge in [0.15, 0.2) is 0 Å². The van der Waals surface area contributed by atoms with Crippen molar-refractivity contribution in [3.8, 4) is 0 Å². The average Bonchev–Trinajstić information content (AvgIpc) is 2.31. The van der Waals surface area contributed by atoms with Gasteiger partial charge in [0, 0.05) is 12.6 Å². The summed E-state index contributed by atoms with van der Waals surface area (Å²) in [4.78, 5) is 4.15. The lowest BCUT2D eigenvalue weighted by Crippen LogP contribution is -2.10. The van der Waals surface area contributed by atoms with Crippen LogP contribution in [0.2, 0.25) is 10.0 Å². The van der Waals surface area contributed by atoms with Crippen molar-refractivity contribution < 1.29 is 0 Å². The zero-order chi connectivity index (χ0) is 12.7. The van der Waals surface area contributed by atoms with Gasteiger partial charge >= 0.3 is 0 Å². The SMILES string of the molecule is CCCCC(N)=N/C=C/c1ccc(Cl)c(Cl)c1.Cl. The Kier molecular flexibility index (Phi) is 8.90. The van der Waals surface area contributed by atoms with E-state index in [0.29, 0.717) is 15.9 Å². The molecule has 1 aromatic rings. The molecule has 0 fully saturated rings. The highest BCUT2D eigenvalue weighted by Gasteiger charge is 1.96. The fourth-order valence-corrected chi connectivity index (χ4v) is 1.56. The summed E-state index contributed by atoms with van der Waals surface area (Å²) < 4.78 is 0. The maximum atomic E-state index is 5.90. The van der Waals surface area contributed by atoms with Gasteiger partial charge in [-0.25, -0.2) is 4.99 Å². The Hall–Kier alpha value is -0.700. The van der Waals surface area contributed by atoms with Crippen molar-refractivity contribution in [2.45, 2.75) is 26.2 Å². The molecule has 0 saturated carbocycles. The first-order valence-corrected chi connectivity index (χ1v) is 6.33. The Bertz CT molecular complexity index is 428. The van der Waals surface area contributed by atoms with E-state index in [-0.39, 0.29) is 12.4 Å². The fraction of sp³-hybridized carbons (Fsp3) is 0.308. The second-order valence-corrected chi connectivity index (χ2v) is 4.53. The van der Waals surface area contributed by atoms with Gasteiger partial charge in [-0.1, -0.05) is 42.6 Å². The number of benzene rings is 1. The van der Waals surface area contributed by atoms with Crippen LogP contribution in [0.25, 0.3) is 6.08 Å². The summed E-state index contributed by atoms with van der Waals surface area (Å²) >= 11 is 11.7. The van der Waals surface area contributed by atoms with E-state index in [1.54, 1.807) is 18.3 Å². The van der Waals surface area contributed by atoms with E-state index < -0.39 is 0 Å². The number of hydrogen-bond acceptors (Lipinski definition) is 1. The second-order valence-electron chi connectivity index (χ2n) is 3.71. The monoisotopic (exact) mass is 306 g/mol. The number of hydrogen-bond donors (Lipinski definition) is 1. The zero-order valence-electron chi connectivity index (χ0n) is 10.2. The first kappa shape index (κ1) is 17.3. The predicted molar refractivity (Wildman–Crippen MR) is 83.9 cm³/mol. The number of nitrogens with two attached hydrogens (primary N) is 1. The van der Waals surface area contributed by atoms with E-state index >= 15 is 0 Å². The van der Waals surface area contributed by atoms with Gasteiger partial charge in [0.25, 0.3) is 0 Å². The minimum Gasteiger partial charge on any atom is -0.387 e. The highest BCUT2D eigenvalue weighted by atomic mass is 35.5. The van der Waals surface area contributed by atoms with Crippen LogP contribution in [-0.2, 0) is 0 Å². The van der Waals surface area contributed by atoms with Crippen molar-refractivity contribution in [2.75, 3.05) is 0 Å². The van der Waals surface area contributed by atoms with Gasteiger partial charge in [-0.15, -0.1) is 12.4 Å². The molecular weight excluding hydrogens is 291 g/mol. The molecular formula is C13H17Cl3N2. The molecule has 0 unspecified atom stereocenters. The molecule has 0 atom stereocenters. The van der Waals surface area contributed by atoms with Gasteiger partial charge in [-0.2, -0.15) is 0 Å². The third-order valence-corrected chi connectivity index (χ3v) is 2.98. The molecule has 18 heavy (non-hydrogen) atoms. The Balaban J connectivity index is 0.00000289. The lowest BCUT2D eigenvalue weighted by atomic mass is 10.2. The van der Waals surface area contributed by atoms with Crippen LogP contribution in [-0.4, -0.2) is 5.84 Å². The molecule has 0 spiro atoms. The molecule has 0 bridgehead atoms. The van der Waals surface area contributed by atoms with Crippen molar-refractivity contribution >= 4 is 47.5 Å². The molecule has 100 valence electrons. The number of rotatable bonds is 5. The highest BCUT2D eigenvalue weighted by Crippen LogP contribution is 2.23. The smallest absolute Gasteiger partial charge is 0.0988 e. The summed E-state index contributed by atoms with van der Waals surface area (Å²) in [6.45, 7) is 2.12. The first-order valence-electron chi connectivity index (χ1n) is 5.57. The largest absolute Gasteiger partial charge is 0.387 e. The Labute approximate surface area is 124 Å². The topological polar surface area (TPSA) is 38.4 Å². The van der Waals surface area contributed by atoms with Crippen LogP contribution in [0.15, 0.2) is 29.4 Å². The summed E-state index contributed by atoms with van der Waals surface area (Å²) in [7, 11) is 0. The summed E-state index contributed by atoms with van der Waals surface area (Å²) in [5, 5.41) is 1.09. The summed E-state index contributed by atoms with van der Waals surface area (Å²) in [5.74, 6) is 0.656. The van der Waals surface area contributed by atoms with Crippen LogP contribution in [0.4, 0.5) is 0 Å².